The van der Waals surface area contributed by atoms with Crippen LogP contribution in [0.5, 0.6) is 5.75 Å². The Morgan fingerprint density at radius 1 is 1.20 bits per heavy atom. The van der Waals surface area contributed by atoms with E-state index < -0.39 is 0 Å². The lowest BCUT2D eigenvalue weighted by atomic mass is 10.2. The van der Waals surface area contributed by atoms with Gasteiger partial charge in [-0.05, 0) is 18.2 Å². The van der Waals surface area contributed by atoms with Crippen molar-refractivity contribution in [3.8, 4) is 5.75 Å². The number of hydrogen-bond donors (Lipinski definition) is 1. The van der Waals surface area contributed by atoms with Gasteiger partial charge in [0.15, 0.2) is 5.75 Å². The average molecular weight is 132 g/mol. The van der Waals surface area contributed by atoms with Crippen molar-refractivity contribution in [2.24, 2.45) is 0 Å². The smallest absolute Gasteiger partial charge is 0.187 e. The van der Waals surface area contributed by atoms with Gasteiger partial charge in [0.2, 0.25) is 0 Å². The Balaban J connectivity index is 2.95. The van der Waals surface area contributed by atoms with Crippen molar-refractivity contribution in [3.63, 3.8) is 0 Å². The molecule has 0 bridgehead atoms. The van der Waals surface area contributed by atoms with Gasteiger partial charge in [-0.25, -0.2) is 0 Å². The Kier molecular flexibility index (Phi) is 0.947. The zero-order valence-corrected chi connectivity index (χ0v) is 5.29. The van der Waals surface area contributed by atoms with Crippen LogP contribution in [0.3, 0.4) is 0 Å². The van der Waals surface area contributed by atoms with Crippen molar-refractivity contribution < 1.29 is 5.11 Å². The summed E-state index contributed by atoms with van der Waals surface area (Å²) in [5.74, 6) is 0.0822. The van der Waals surface area contributed by atoms with E-state index in [1.807, 2.05) is 6.07 Å². The molecule has 0 aliphatic carbocycles. The van der Waals surface area contributed by atoms with Crippen molar-refractivity contribution in [3.05, 3.63) is 30.5 Å². The molecule has 49 valence electrons. The molecule has 1 aromatic carbocycles. The number of benzene rings is 1. The normalized spacial score (nSPS) is 10.4. The summed E-state index contributed by atoms with van der Waals surface area (Å²) in [5, 5.41) is 11.8. The quantitative estimate of drug-likeness (QED) is 0.571. The first kappa shape index (κ1) is 5.35. The molecule has 10 heavy (non-hydrogen) atoms. The van der Waals surface area contributed by atoms with Gasteiger partial charge in [0, 0.05) is 17.1 Å². The molecular weight excluding hydrogens is 126 g/mol. The van der Waals surface area contributed by atoms with Crippen molar-refractivity contribution in [2.75, 3.05) is 0 Å². The first-order valence-electron chi connectivity index (χ1n) is 3.11. The molecule has 0 aliphatic heterocycles. The summed E-state index contributed by atoms with van der Waals surface area (Å²) in [7, 11) is 0. The predicted molar refractivity (Wildman–Crippen MR) is 38.4 cm³/mol. The van der Waals surface area contributed by atoms with Gasteiger partial charge in [-0.3, -0.25) is 5.11 Å². The summed E-state index contributed by atoms with van der Waals surface area (Å²) in [4.78, 5) is 2.96. The molecule has 0 saturated heterocycles. The van der Waals surface area contributed by atoms with Gasteiger partial charge >= 0.3 is 0 Å². The molecule has 1 aromatic heterocycles. The molecule has 2 nitrogen and oxygen atoms in total. The fourth-order valence-electron chi connectivity index (χ4n) is 1.06. The van der Waals surface area contributed by atoms with Crippen LogP contribution in [0.25, 0.3) is 10.9 Å². The maximum atomic E-state index is 11.0. The van der Waals surface area contributed by atoms with Crippen LogP contribution < -0.4 is 0 Å². The highest BCUT2D eigenvalue weighted by Crippen LogP contribution is 2.22. The number of aromatic nitrogens is 1. The van der Waals surface area contributed by atoms with Crippen molar-refractivity contribution in [2.45, 2.75) is 0 Å². The van der Waals surface area contributed by atoms with Crippen LogP contribution in [0, 0.1) is 0 Å². The highest BCUT2D eigenvalue weighted by Gasteiger charge is 1.98. The van der Waals surface area contributed by atoms with Crippen molar-refractivity contribution >= 4 is 10.9 Å². The fraction of sp³-hybridized carbons (Fsp3) is 0. The van der Waals surface area contributed by atoms with Crippen LogP contribution in [0.4, 0.5) is 0 Å². The van der Waals surface area contributed by atoms with Gasteiger partial charge in [0.05, 0.1) is 0 Å². The molecule has 0 unspecified atom stereocenters. The van der Waals surface area contributed by atoms with E-state index in [-0.39, 0.29) is 5.75 Å². The zero-order valence-electron chi connectivity index (χ0n) is 5.29. The second kappa shape index (κ2) is 1.77. The van der Waals surface area contributed by atoms with Gasteiger partial charge in [-0.1, -0.05) is 6.07 Å². The molecule has 2 heteroatoms. The molecule has 0 aliphatic rings. The fourth-order valence-corrected chi connectivity index (χ4v) is 1.06. The van der Waals surface area contributed by atoms with E-state index in [2.05, 4.69) is 4.98 Å². The number of rotatable bonds is 0. The van der Waals surface area contributed by atoms with Gasteiger partial charge in [-0.2, -0.15) is 0 Å². The molecule has 0 fully saturated rings. The maximum Gasteiger partial charge on any atom is 0.187 e. The van der Waals surface area contributed by atoms with Crippen LogP contribution >= 0.6 is 0 Å². The minimum atomic E-state index is 0.0822. The third-order valence-corrected chi connectivity index (χ3v) is 1.55. The van der Waals surface area contributed by atoms with Gasteiger partial charge < -0.3 is 4.98 Å². The Labute approximate surface area is 58.1 Å². The molecule has 2 aromatic rings. The molecule has 1 radical (unpaired) electrons. The predicted octanol–water partition coefficient (Wildman–Crippen LogP) is 2.31. The largest absolute Gasteiger partial charge is 0.361 e. The average Bonchev–Trinajstić information content (AvgIpc) is 2.36. The first-order valence-corrected chi connectivity index (χ1v) is 3.11. The minimum absolute atomic E-state index is 0.0822. The lowest BCUT2D eigenvalue weighted by molar-refractivity contribution is 0.360. The SMILES string of the molecule is [O]c1cccc2[nH]ccc12. The van der Waals surface area contributed by atoms with Crippen molar-refractivity contribution in [1.82, 2.24) is 4.98 Å². The first-order chi connectivity index (χ1) is 4.88. The molecule has 1 heterocycles. The highest BCUT2D eigenvalue weighted by atomic mass is 16.3. The van der Waals surface area contributed by atoms with E-state index in [1.165, 1.54) is 0 Å². The van der Waals surface area contributed by atoms with E-state index >= 15 is 0 Å². The van der Waals surface area contributed by atoms with E-state index in [0.717, 1.165) is 10.9 Å². The Morgan fingerprint density at radius 3 is 2.90 bits per heavy atom. The maximum absolute atomic E-state index is 11.0. The summed E-state index contributed by atoms with van der Waals surface area (Å²) >= 11 is 0. The summed E-state index contributed by atoms with van der Waals surface area (Å²) in [6, 6.07) is 6.99. The van der Waals surface area contributed by atoms with E-state index in [0.29, 0.717) is 0 Å². The molecule has 0 amide bonds. The summed E-state index contributed by atoms with van der Waals surface area (Å²) in [6.45, 7) is 0. The van der Waals surface area contributed by atoms with Crippen LogP contribution in [0.15, 0.2) is 30.5 Å². The number of H-pyrrole nitrogens is 1. The lowest BCUT2D eigenvalue weighted by Gasteiger charge is -1.87. The van der Waals surface area contributed by atoms with Gasteiger partial charge in [0.1, 0.15) is 0 Å². The monoisotopic (exact) mass is 132 g/mol. The Hall–Kier alpha value is -1.44. The van der Waals surface area contributed by atoms with Crippen molar-refractivity contribution in [1.29, 1.82) is 0 Å². The second-order valence-electron chi connectivity index (χ2n) is 2.20. The molecule has 0 spiro atoms. The topological polar surface area (TPSA) is 35.7 Å². The summed E-state index contributed by atoms with van der Waals surface area (Å²) in [5.41, 5.74) is 0.910. The molecule has 2 rings (SSSR count). The second-order valence-corrected chi connectivity index (χ2v) is 2.20. The van der Waals surface area contributed by atoms with Gasteiger partial charge in [-0.15, -0.1) is 0 Å². The van der Waals surface area contributed by atoms with E-state index in [4.69, 9.17) is 0 Å². The number of aromatic amines is 1. The number of hydrogen-bond acceptors (Lipinski definition) is 0. The molecular formula is C8H6NO. The van der Waals surface area contributed by atoms with E-state index in [1.54, 1.807) is 24.4 Å². The third kappa shape index (κ3) is 0.589. The number of fused-ring (bicyclic) bond motifs is 1. The minimum Gasteiger partial charge on any atom is -0.361 e. The summed E-state index contributed by atoms with van der Waals surface area (Å²) < 4.78 is 0. The molecule has 0 saturated carbocycles. The molecule has 1 N–H and O–H groups in total. The zero-order chi connectivity index (χ0) is 6.97. The lowest BCUT2D eigenvalue weighted by Crippen LogP contribution is -1.65. The van der Waals surface area contributed by atoms with Crippen LogP contribution in [-0.4, -0.2) is 4.98 Å². The van der Waals surface area contributed by atoms with E-state index in [9.17, 15) is 5.11 Å². The van der Waals surface area contributed by atoms with Gasteiger partial charge in [0.25, 0.3) is 0 Å². The molecule has 0 atom stereocenters. The third-order valence-electron chi connectivity index (χ3n) is 1.55. The Morgan fingerprint density at radius 2 is 2.10 bits per heavy atom. The van der Waals surface area contributed by atoms with Crippen LogP contribution in [0.1, 0.15) is 0 Å². The summed E-state index contributed by atoms with van der Waals surface area (Å²) in [6.07, 6.45) is 1.77. The van der Waals surface area contributed by atoms with Crippen LogP contribution in [0.2, 0.25) is 0 Å². The van der Waals surface area contributed by atoms with Crippen LogP contribution in [-0.2, 0) is 5.11 Å². The highest BCUT2D eigenvalue weighted by molar-refractivity contribution is 5.85. The number of nitrogens with one attached hydrogen (secondary N) is 1. The standard InChI is InChI=1S/C8H6NO/c10-8-3-1-2-7-6(8)4-5-9-7/h1-5,9H. The Bertz CT molecular complexity index is 351.